The van der Waals surface area contributed by atoms with Crippen molar-refractivity contribution in [2.24, 2.45) is 0 Å². The number of ether oxygens (including phenoxy) is 2. The van der Waals surface area contributed by atoms with Crippen molar-refractivity contribution in [1.29, 1.82) is 0 Å². The summed E-state index contributed by atoms with van der Waals surface area (Å²) >= 11 is 0. The van der Waals surface area contributed by atoms with Gasteiger partial charge in [-0.3, -0.25) is 0 Å². The molecule has 1 aliphatic heterocycles. The summed E-state index contributed by atoms with van der Waals surface area (Å²) in [4.78, 5) is -0.364. The van der Waals surface area contributed by atoms with Gasteiger partial charge in [0.15, 0.2) is 9.84 Å². The number of hydrogen-bond donors (Lipinski definition) is 1. The molecule has 0 aliphatic carbocycles. The molecule has 7 heteroatoms. The van der Waals surface area contributed by atoms with E-state index in [1.54, 1.807) is 0 Å². The molecule has 0 aromatic heterocycles. The fourth-order valence-corrected chi connectivity index (χ4v) is 2.76. The molecule has 19 heavy (non-hydrogen) atoms. The minimum atomic E-state index is -3.63. The summed E-state index contributed by atoms with van der Waals surface area (Å²) in [5.74, 6) is -0.469. The molecule has 1 aliphatic rings. The molecule has 1 heterocycles. The van der Waals surface area contributed by atoms with Gasteiger partial charge < -0.3 is 14.8 Å². The van der Waals surface area contributed by atoms with Crippen molar-refractivity contribution in [3.05, 3.63) is 23.5 Å². The van der Waals surface area contributed by atoms with E-state index in [0.717, 1.165) is 12.8 Å². The van der Waals surface area contributed by atoms with Crippen molar-refractivity contribution >= 4 is 9.84 Å². The smallest absolute Gasteiger partial charge is 0.178 e. The lowest BCUT2D eigenvalue weighted by atomic mass is 10.1. The molecular formula is C12H16FNO4S. The van der Waals surface area contributed by atoms with Crippen molar-refractivity contribution in [3.8, 4) is 5.75 Å². The lowest BCUT2D eigenvalue weighted by molar-refractivity contribution is 0.0260. The van der Waals surface area contributed by atoms with Crippen molar-refractivity contribution in [1.82, 2.24) is 5.32 Å². The first-order valence-corrected chi connectivity index (χ1v) is 7.72. The van der Waals surface area contributed by atoms with Crippen molar-refractivity contribution < 1.29 is 22.3 Å². The van der Waals surface area contributed by atoms with Crippen LogP contribution in [0.4, 0.5) is 4.39 Å². The summed E-state index contributed by atoms with van der Waals surface area (Å²) in [6, 6.07) is 2.38. The quantitative estimate of drug-likeness (QED) is 0.895. The average molecular weight is 289 g/mol. The Morgan fingerprint density at radius 2 is 2.21 bits per heavy atom. The van der Waals surface area contributed by atoms with Gasteiger partial charge in [-0.05, 0) is 6.07 Å². The maximum Gasteiger partial charge on any atom is 0.178 e. The molecule has 2 rings (SSSR count). The highest BCUT2D eigenvalue weighted by Crippen LogP contribution is 2.32. The van der Waals surface area contributed by atoms with Crippen LogP contribution < -0.4 is 10.1 Å². The molecule has 0 bridgehead atoms. The Labute approximate surface area is 111 Å². The van der Waals surface area contributed by atoms with Gasteiger partial charge >= 0.3 is 0 Å². The Kier molecular flexibility index (Phi) is 4.07. The van der Waals surface area contributed by atoms with Crippen LogP contribution in [0.15, 0.2) is 17.0 Å². The summed E-state index contributed by atoms with van der Waals surface area (Å²) < 4.78 is 47.5. The van der Waals surface area contributed by atoms with E-state index in [1.807, 2.05) is 0 Å². The summed E-state index contributed by atoms with van der Waals surface area (Å²) in [5, 5.41) is 3.13. The number of methoxy groups -OCH3 is 1. The zero-order valence-electron chi connectivity index (χ0n) is 10.8. The lowest BCUT2D eigenvalue weighted by Gasteiger charge is -2.25. The van der Waals surface area contributed by atoms with Gasteiger partial charge in [0.25, 0.3) is 0 Å². The van der Waals surface area contributed by atoms with E-state index in [0.29, 0.717) is 24.5 Å². The van der Waals surface area contributed by atoms with Crippen LogP contribution in [0.1, 0.15) is 11.7 Å². The Morgan fingerprint density at radius 1 is 1.47 bits per heavy atom. The van der Waals surface area contributed by atoms with E-state index < -0.39 is 15.7 Å². The Hall–Kier alpha value is -1.18. The van der Waals surface area contributed by atoms with Gasteiger partial charge in [0, 0.05) is 31.0 Å². The molecule has 1 aromatic rings. The maximum atomic E-state index is 13.9. The molecule has 1 unspecified atom stereocenters. The van der Waals surface area contributed by atoms with E-state index in [-0.39, 0.29) is 11.0 Å². The van der Waals surface area contributed by atoms with Crippen LogP contribution in [0, 0.1) is 5.82 Å². The van der Waals surface area contributed by atoms with Crippen molar-refractivity contribution in [2.75, 3.05) is 33.1 Å². The Bertz CT molecular complexity index is 567. The lowest BCUT2D eigenvalue weighted by Crippen LogP contribution is -2.33. The van der Waals surface area contributed by atoms with Gasteiger partial charge in [-0.15, -0.1) is 0 Å². The van der Waals surface area contributed by atoms with E-state index in [1.165, 1.54) is 19.2 Å². The van der Waals surface area contributed by atoms with E-state index >= 15 is 0 Å². The van der Waals surface area contributed by atoms with E-state index in [2.05, 4.69) is 5.32 Å². The molecule has 5 nitrogen and oxygen atoms in total. The average Bonchev–Trinajstić information content (AvgIpc) is 2.38. The third-order valence-electron chi connectivity index (χ3n) is 2.96. The topological polar surface area (TPSA) is 64.6 Å². The minimum Gasteiger partial charge on any atom is -0.496 e. The van der Waals surface area contributed by atoms with Crippen LogP contribution >= 0.6 is 0 Å². The first-order chi connectivity index (χ1) is 8.93. The highest BCUT2D eigenvalue weighted by Gasteiger charge is 2.24. The van der Waals surface area contributed by atoms with Gasteiger partial charge in [-0.1, -0.05) is 0 Å². The second-order valence-electron chi connectivity index (χ2n) is 4.36. The number of rotatable bonds is 3. The largest absolute Gasteiger partial charge is 0.496 e. The molecule has 1 fully saturated rings. The van der Waals surface area contributed by atoms with E-state index in [4.69, 9.17) is 9.47 Å². The fraction of sp³-hybridized carbons (Fsp3) is 0.500. The van der Waals surface area contributed by atoms with Crippen molar-refractivity contribution in [2.45, 2.75) is 11.0 Å². The predicted molar refractivity (Wildman–Crippen MR) is 67.6 cm³/mol. The summed E-state index contributed by atoms with van der Waals surface area (Å²) in [7, 11) is -2.21. The summed E-state index contributed by atoms with van der Waals surface area (Å²) in [5.41, 5.74) is 0.514. The molecule has 0 radical (unpaired) electrons. The number of halogens is 1. The maximum absolute atomic E-state index is 13.9. The molecule has 106 valence electrons. The SMILES string of the molecule is COc1cc(S(C)(=O)=O)c(F)cc1C1CNCCO1. The molecule has 1 N–H and O–H groups in total. The molecule has 0 spiro atoms. The number of morpholine rings is 1. The second kappa shape index (κ2) is 5.44. The molecule has 0 saturated carbocycles. The van der Waals surface area contributed by atoms with Crippen LogP contribution in [0.5, 0.6) is 5.75 Å². The first kappa shape index (κ1) is 14.2. The van der Waals surface area contributed by atoms with E-state index in [9.17, 15) is 12.8 Å². The molecule has 1 saturated heterocycles. The third-order valence-corrected chi connectivity index (χ3v) is 4.07. The zero-order valence-corrected chi connectivity index (χ0v) is 11.6. The van der Waals surface area contributed by atoms with Crippen LogP contribution in [-0.4, -0.2) is 41.5 Å². The summed E-state index contributed by atoms with van der Waals surface area (Å²) in [6.07, 6.45) is 0.621. The molecule has 1 atom stereocenters. The molecule has 0 amide bonds. The van der Waals surface area contributed by atoms with Gasteiger partial charge in [0.05, 0.1) is 19.8 Å². The molecule has 1 aromatic carbocycles. The number of sulfone groups is 1. The summed E-state index contributed by atoms with van der Waals surface area (Å²) in [6.45, 7) is 1.79. The van der Waals surface area contributed by atoms with Crippen LogP contribution in [0.25, 0.3) is 0 Å². The number of nitrogens with one attached hydrogen (secondary N) is 1. The Morgan fingerprint density at radius 3 is 2.74 bits per heavy atom. The third kappa shape index (κ3) is 3.05. The van der Waals surface area contributed by atoms with Crippen LogP contribution in [0.3, 0.4) is 0 Å². The van der Waals surface area contributed by atoms with Gasteiger partial charge in [-0.2, -0.15) is 0 Å². The van der Waals surface area contributed by atoms with Crippen molar-refractivity contribution in [3.63, 3.8) is 0 Å². The normalized spacial score (nSPS) is 20.3. The second-order valence-corrected chi connectivity index (χ2v) is 6.34. The van der Waals surface area contributed by atoms with Gasteiger partial charge in [0.2, 0.25) is 0 Å². The van der Waals surface area contributed by atoms with Crippen LogP contribution in [-0.2, 0) is 14.6 Å². The minimum absolute atomic E-state index is 0.315. The number of hydrogen-bond acceptors (Lipinski definition) is 5. The predicted octanol–water partition coefficient (Wildman–Crippen LogP) is 0.899. The highest BCUT2D eigenvalue weighted by molar-refractivity contribution is 7.90. The van der Waals surface area contributed by atoms with Gasteiger partial charge in [0.1, 0.15) is 16.5 Å². The standard InChI is InChI=1S/C12H16FNO4S/c1-17-10-6-12(19(2,15)16)9(13)5-8(10)11-7-14-3-4-18-11/h5-6,11,14H,3-4,7H2,1-2H3. The molecular weight excluding hydrogens is 273 g/mol. The van der Waals surface area contributed by atoms with Crippen LogP contribution in [0.2, 0.25) is 0 Å². The number of benzene rings is 1. The fourth-order valence-electron chi connectivity index (χ4n) is 2.03. The first-order valence-electron chi connectivity index (χ1n) is 5.83. The Balaban J connectivity index is 2.47. The zero-order chi connectivity index (χ0) is 14.0. The van der Waals surface area contributed by atoms with Gasteiger partial charge in [-0.25, -0.2) is 12.8 Å². The monoisotopic (exact) mass is 289 g/mol. The highest BCUT2D eigenvalue weighted by atomic mass is 32.2.